The molecule has 2 aromatic rings. The van der Waals surface area contributed by atoms with Crippen molar-refractivity contribution in [3.05, 3.63) is 65.7 Å². The molecule has 4 nitrogen and oxygen atoms in total. The first kappa shape index (κ1) is 14.7. The quantitative estimate of drug-likeness (QED) is 0.851. The standard InChI is InChI=1S/C17H17NO3/c1-21-16-10-9-14(17(19)20)12-15(16)18-11-5-8-13-6-3-2-4-7-13/h2-10,12,18H,11H2,1H3,(H,19,20)/b8-5+. The summed E-state index contributed by atoms with van der Waals surface area (Å²) in [5.74, 6) is -0.339. The summed E-state index contributed by atoms with van der Waals surface area (Å²) in [5.41, 5.74) is 2.01. The van der Waals surface area contributed by atoms with Gasteiger partial charge >= 0.3 is 5.97 Å². The van der Waals surface area contributed by atoms with Crippen molar-refractivity contribution in [2.75, 3.05) is 19.0 Å². The van der Waals surface area contributed by atoms with Crippen molar-refractivity contribution >= 4 is 17.7 Å². The molecule has 0 heterocycles. The average Bonchev–Trinajstić information content (AvgIpc) is 2.52. The number of methoxy groups -OCH3 is 1. The third-order valence-electron chi connectivity index (χ3n) is 2.97. The minimum Gasteiger partial charge on any atom is -0.495 e. The number of carboxylic acid groups (broad SMARTS) is 1. The molecule has 0 fully saturated rings. The smallest absolute Gasteiger partial charge is 0.335 e. The summed E-state index contributed by atoms with van der Waals surface area (Å²) in [6, 6.07) is 14.7. The fraction of sp³-hybridized carbons (Fsp3) is 0.118. The molecule has 4 heteroatoms. The Hall–Kier alpha value is -2.75. The normalized spacial score (nSPS) is 10.5. The highest BCUT2D eigenvalue weighted by Crippen LogP contribution is 2.25. The van der Waals surface area contributed by atoms with E-state index in [0.29, 0.717) is 18.0 Å². The monoisotopic (exact) mass is 283 g/mol. The second-order valence-corrected chi connectivity index (χ2v) is 4.41. The lowest BCUT2D eigenvalue weighted by Gasteiger charge is -2.10. The second-order valence-electron chi connectivity index (χ2n) is 4.41. The molecule has 0 bridgehead atoms. The lowest BCUT2D eigenvalue weighted by Crippen LogP contribution is -2.03. The first-order valence-corrected chi connectivity index (χ1v) is 6.57. The fourth-order valence-corrected chi connectivity index (χ4v) is 1.91. The zero-order valence-electron chi connectivity index (χ0n) is 11.7. The Morgan fingerprint density at radius 1 is 1.24 bits per heavy atom. The van der Waals surface area contributed by atoms with Crippen LogP contribution in [-0.4, -0.2) is 24.7 Å². The van der Waals surface area contributed by atoms with Crippen LogP contribution in [0.3, 0.4) is 0 Å². The maximum Gasteiger partial charge on any atom is 0.335 e. The fourth-order valence-electron chi connectivity index (χ4n) is 1.91. The van der Waals surface area contributed by atoms with Crippen LogP contribution in [-0.2, 0) is 0 Å². The summed E-state index contributed by atoms with van der Waals surface area (Å²) in [6.07, 6.45) is 3.97. The second kappa shape index (κ2) is 7.14. The lowest BCUT2D eigenvalue weighted by atomic mass is 10.2. The van der Waals surface area contributed by atoms with Gasteiger partial charge in [0.25, 0.3) is 0 Å². The van der Waals surface area contributed by atoms with Crippen LogP contribution in [0.2, 0.25) is 0 Å². The van der Waals surface area contributed by atoms with Crippen molar-refractivity contribution in [1.29, 1.82) is 0 Å². The number of carboxylic acids is 1. The van der Waals surface area contributed by atoms with E-state index in [2.05, 4.69) is 5.32 Å². The first-order chi connectivity index (χ1) is 10.2. The Balaban J connectivity index is 2.03. The van der Waals surface area contributed by atoms with Crippen LogP contribution in [0.1, 0.15) is 15.9 Å². The van der Waals surface area contributed by atoms with Crippen LogP contribution in [0.4, 0.5) is 5.69 Å². The van der Waals surface area contributed by atoms with Crippen molar-refractivity contribution in [2.24, 2.45) is 0 Å². The number of carbonyl (C=O) groups is 1. The molecule has 2 aromatic carbocycles. The van der Waals surface area contributed by atoms with E-state index in [-0.39, 0.29) is 5.56 Å². The molecule has 0 amide bonds. The van der Waals surface area contributed by atoms with E-state index in [1.54, 1.807) is 19.2 Å². The number of benzene rings is 2. The highest BCUT2D eigenvalue weighted by molar-refractivity contribution is 5.89. The molecule has 0 aliphatic rings. The zero-order valence-corrected chi connectivity index (χ0v) is 11.7. The lowest BCUT2D eigenvalue weighted by molar-refractivity contribution is 0.0697. The molecule has 2 rings (SSSR count). The van der Waals surface area contributed by atoms with Crippen LogP contribution < -0.4 is 10.1 Å². The molecule has 2 N–H and O–H groups in total. The van der Waals surface area contributed by atoms with E-state index in [0.717, 1.165) is 5.56 Å². The molecular weight excluding hydrogens is 266 g/mol. The molecule has 0 aliphatic carbocycles. The molecule has 0 atom stereocenters. The van der Waals surface area contributed by atoms with Crippen molar-refractivity contribution < 1.29 is 14.6 Å². The van der Waals surface area contributed by atoms with Crippen molar-refractivity contribution in [3.63, 3.8) is 0 Å². The van der Waals surface area contributed by atoms with Crippen LogP contribution in [0.15, 0.2) is 54.6 Å². The van der Waals surface area contributed by atoms with Crippen LogP contribution in [0.5, 0.6) is 5.75 Å². The number of aromatic carboxylic acids is 1. The van der Waals surface area contributed by atoms with Crippen LogP contribution >= 0.6 is 0 Å². The molecular formula is C17H17NO3. The Morgan fingerprint density at radius 3 is 2.67 bits per heavy atom. The summed E-state index contributed by atoms with van der Waals surface area (Å²) in [5, 5.41) is 12.2. The number of nitrogens with one attached hydrogen (secondary N) is 1. The maximum absolute atomic E-state index is 11.0. The first-order valence-electron chi connectivity index (χ1n) is 6.57. The molecule has 0 saturated heterocycles. The summed E-state index contributed by atoms with van der Waals surface area (Å²) < 4.78 is 5.22. The van der Waals surface area contributed by atoms with Gasteiger partial charge in [-0.15, -0.1) is 0 Å². The molecule has 0 radical (unpaired) electrons. The van der Waals surface area contributed by atoms with Crippen molar-refractivity contribution in [2.45, 2.75) is 0 Å². The predicted octanol–water partition coefficient (Wildman–Crippen LogP) is 3.52. The minimum absolute atomic E-state index is 0.227. The molecule has 108 valence electrons. The van der Waals surface area contributed by atoms with Crippen molar-refractivity contribution in [3.8, 4) is 5.75 Å². The van der Waals surface area contributed by atoms with Gasteiger partial charge in [0.15, 0.2) is 0 Å². The summed E-state index contributed by atoms with van der Waals surface area (Å²) in [4.78, 5) is 11.0. The highest BCUT2D eigenvalue weighted by atomic mass is 16.5. The SMILES string of the molecule is COc1ccc(C(=O)O)cc1NC/C=C/c1ccccc1. The van der Waals surface area contributed by atoms with Gasteiger partial charge in [-0.05, 0) is 23.8 Å². The van der Waals surface area contributed by atoms with E-state index in [4.69, 9.17) is 9.84 Å². The highest BCUT2D eigenvalue weighted by Gasteiger charge is 2.07. The van der Waals surface area contributed by atoms with E-state index in [1.165, 1.54) is 6.07 Å². The van der Waals surface area contributed by atoms with Crippen molar-refractivity contribution in [1.82, 2.24) is 0 Å². The van der Waals surface area contributed by atoms with Gasteiger partial charge in [-0.25, -0.2) is 4.79 Å². The Labute approximate surface area is 123 Å². The minimum atomic E-state index is -0.958. The Kier molecular flexibility index (Phi) is 4.99. The average molecular weight is 283 g/mol. The largest absolute Gasteiger partial charge is 0.495 e. The Morgan fingerprint density at radius 2 is 2.00 bits per heavy atom. The number of rotatable bonds is 6. The van der Waals surface area contributed by atoms with Gasteiger partial charge in [0, 0.05) is 6.54 Å². The summed E-state index contributed by atoms with van der Waals surface area (Å²) >= 11 is 0. The van der Waals surface area contributed by atoms with E-state index < -0.39 is 5.97 Å². The third-order valence-corrected chi connectivity index (χ3v) is 2.97. The predicted molar refractivity (Wildman–Crippen MR) is 83.9 cm³/mol. The van der Waals surface area contributed by atoms with Gasteiger partial charge in [-0.2, -0.15) is 0 Å². The van der Waals surface area contributed by atoms with Gasteiger partial charge in [0.05, 0.1) is 18.4 Å². The maximum atomic E-state index is 11.0. The Bertz CT molecular complexity index is 636. The molecule has 0 aromatic heterocycles. The number of hydrogen-bond donors (Lipinski definition) is 2. The number of ether oxygens (including phenoxy) is 1. The third kappa shape index (κ3) is 4.11. The van der Waals surface area contributed by atoms with Gasteiger partial charge in [-0.3, -0.25) is 0 Å². The number of hydrogen-bond acceptors (Lipinski definition) is 3. The molecule has 0 unspecified atom stereocenters. The zero-order chi connectivity index (χ0) is 15.1. The molecule has 21 heavy (non-hydrogen) atoms. The number of anilines is 1. The van der Waals surface area contributed by atoms with Crippen LogP contribution in [0, 0.1) is 0 Å². The van der Waals surface area contributed by atoms with Gasteiger partial charge in [0.2, 0.25) is 0 Å². The van der Waals surface area contributed by atoms with Crippen LogP contribution in [0.25, 0.3) is 6.08 Å². The van der Waals surface area contributed by atoms with Gasteiger partial charge < -0.3 is 15.2 Å². The molecule has 0 aliphatic heterocycles. The van der Waals surface area contributed by atoms with E-state index >= 15 is 0 Å². The summed E-state index contributed by atoms with van der Waals surface area (Å²) in [7, 11) is 1.56. The van der Waals surface area contributed by atoms with Gasteiger partial charge in [-0.1, -0.05) is 42.5 Å². The van der Waals surface area contributed by atoms with Gasteiger partial charge in [0.1, 0.15) is 5.75 Å². The van der Waals surface area contributed by atoms with E-state index in [9.17, 15) is 4.79 Å². The summed E-state index contributed by atoms with van der Waals surface area (Å²) in [6.45, 7) is 0.578. The molecule has 0 saturated carbocycles. The van der Waals surface area contributed by atoms with E-state index in [1.807, 2.05) is 42.5 Å². The molecule has 0 spiro atoms. The topological polar surface area (TPSA) is 58.6 Å².